The molecule has 1 N–H and O–H groups in total. The molecule has 6 heteroatoms. The first-order chi connectivity index (χ1) is 9.71. The van der Waals surface area contributed by atoms with Crippen LogP contribution in [0.25, 0.3) is 0 Å². The average molecular weight is 317 g/mol. The molecule has 0 unspecified atom stereocenters. The maximum absolute atomic E-state index is 12.1. The van der Waals surface area contributed by atoms with Gasteiger partial charge in [0.15, 0.2) is 0 Å². The normalized spacial score (nSPS) is 9.86. The van der Waals surface area contributed by atoms with E-state index in [1.165, 1.54) is 0 Å². The van der Waals surface area contributed by atoms with Crippen LogP contribution in [0.15, 0.2) is 24.3 Å². The molecule has 0 heterocycles. The topological polar surface area (TPSA) is 50.8 Å². The molecule has 0 bridgehead atoms. The molecule has 0 aliphatic rings. The number of ether oxygens (including phenoxy) is 2. The molecule has 1 amide bonds. The van der Waals surface area contributed by atoms with Crippen molar-refractivity contribution in [1.29, 1.82) is 0 Å². The molecule has 0 saturated carbocycles. The number of halogens is 1. The fraction of sp³-hybridized carbons (Fsp3) is 0.533. The third-order valence-corrected chi connectivity index (χ3v) is 3.03. The second-order valence-electron chi connectivity index (χ2n) is 4.43. The molecule has 1 rings (SSSR count). The van der Waals surface area contributed by atoms with Gasteiger partial charge in [0.05, 0.1) is 20.3 Å². The molecule has 120 valence electrons. The molecule has 0 radical (unpaired) electrons. The van der Waals surface area contributed by atoms with Crippen molar-refractivity contribution in [2.24, 2.45) is 0 Å². The number of nitrogens with zero attached hydrogens (tertiary/aromatic N) is 1. The minimum Gasteiger partial charge on any atom is -0.497 e. The highest BCUT2D eigenvalue weighted by atomic mass is 35.5. The van der Waals surface area contributed by atoms with Crippen LogP contribution in [-0.4, -0.2) is 51.3 Å². The maximum Gasteiger partial charge on any atom is 0.236 e. The van der Waals surface area contributed by atoms with E-state index in [0.29, 0.717) is 32.8 Å². The number of benzene rings is 1. The van der Waals surface area contributed by atoms with Crippen LogP contribution < -0.4 is 10.1 Å². The van der Waals surface area contributed by atoms with Gasteiger partial charge in [0.1, 0.15) is 5.75 Å². The Bertz CT molecular complexity index is 398. The standard InChI is InChI=1S/C15H24N2O3.ClH/c1-4-17(15(18)11-16-9-10-19-2)12-13-5-7-14(20-3)8-6-13;/h5-8,16H,4,9-12H2,1-3H3;1H. The van der Waals surface area contributed by atoms with Gasteiger partial charge in [-0.05, 0) is 24.6 Å². The minimum atomic E-state index is 0. The number of hydrogen-bond donors (Lipinski definition) is 1. The van der Waals surface area contributed by atoms with E-state index in [2.05, 4.69) is 5.32 Å². The fourth-order valence-corrected chi connectivity index (χ4v) is 1.81. The molecule has 1 aromatic rings. The number of carbonyl (C=O) groups is 1. The summed E-state index contributed by atoms with van der Waals surface area (Å²) in [6, 6.07) is 7.77. The van der Waals surface area contributed by atoms with Crippen LogP contribution in [0.4, 0.5) is 0 Å². The molecule has 5 nitrogen and oxygen atoms in total. The highest BCUT2D eigenvalue weighted by Gasteiger charge is 2.11. The van der Waals surface area contributed by atoms with Gasteiger partial charge in [0.2, 0.25) is 5.91 Å². The van der Waals surface area contributed by atoms with Crippen LogP contribution in [0, 0.1) is 0 Å². The number of nitrogens with one attached hydrogen (secondary N) is 1. The summed E-state index contributed by atoms with van der Waals surface area (Å²) in [6.45, 7) is 4.92. The molecular formula is C15H25ClN2O3. The zero-order valence-electron chi connectivity index (χ0n) is 12.9. The molecule has 21 heavy (non-hydrogen) atoms. The van der Waals surface area contributed by atoms with Crippen LogP contribution in [0.2, 0.25) is 0 Å². The smallest absolute Gasteiger partial charge is 0.236 e. The Hall–Kier alpha value is -1.30. The van der Waals surface area contributed by atoms with Crippen LogP contribution in [0.5, 0.6) is 5.75 Å². The summed E-state index contributed by atoms with van der Waals surface area (Å²) in [5.41, 5.74) is 1.10. The Balaban J connectivity index is 0.00000400. The first-order valence-corrected chi connectivity index (χ1v) is 6.81. The zero-order chi connectivity index (χ0) is 14.8. The molecule has 0 aromatic heterocycles. The van der Waals surface area contributed by atoms with E-state index in [1.54, 1.807) is 14.2 Å². The molecule has 0 aliphatic heterocycles. The first kappa shape index (κ1) is 19.7. The molecule has 0 atom stereocenters. The van der Waals surface area contributed by atoms with Gasteiger partial charge in [-0.1, -0.05) is 12.1 Å². The quantitative estimate of drug-likeness (QED) is 0.705. The summed E-state index contributed by atoms with van der Waals surface area (Å²) in [7, 11) is 3.29. The van der Waals surface area contributed by atoms with Crippen molar-refractivity contribution < 1.29 is 14.3 Å². The van der Waals surface area contributed by atoms with Crippen molar-refractivity contribution in [2.75, 3.05) is 40.5 Å². The highest BCUT2D eigenvalue weighted by Crippen LogP contribution is 2.12. The molecular weight excluding hydrogens is 292 g/mol. The van der Waals surface area contributed by atoms with E-state index in [4.69, 9.17) is 9.47 Å². The Kier molecular flexibility index (Phi) is 10.7. The van der Waals surface area contributed by atoms with Gasteiger partial charge in [-0.2, -0.15) is 0 Å². The van der Waals surface area contributed by atoms with Gasteiger partial charge < -0.3 is 19.7 Å². The van der Waals surface area contributed by atoms with E-state index in [0.717, 1.165) is 11.3 Å². The monoisotopic (exact) mass is 316 g/mol. The summed E-state index contributed by atoms with van der Waals surface area (Å²) < 4.78 is 10.1. The molecule has 0 spiro atoms. The van der Waals surface area contributed by atoms with Crippen LogP contribution >= 0.6 is 12.4 Å². The second-order valence-corrected chi connectivity index (χ2v) is 4.43. The van der Waals surface area contributed by atoms with Crippen molar-refractivity contribution in [2.45, 2.75) is 13.5 Å². The number of likely N-dealkylation sites (N-methyl/N-ethyl adjacent to an activating group) is 1. The molecule has 1 aromatic carbocycles. The van der Waals surface area contributed by atoms with E-state index in [9.17, 15) is 4.79 Å². The van der Waals surface area contributed by atoms with Crippen molar-refractivity contribution in [3.63, 3.8) is 0 Å². The third kappa shape index (κ3) is 7.32. The Morgan fingerprint density at radius 2 is 1.90 bits per heavy atom. The van der Waals surface area contributed by atoms with Crippen LogP contribution in [0.3, 0.4) is 0 Å². The lowest BCUT2D eigenvalue weighted by Gasteiger charge is -2.21. The van der Waals surface area contributed by atoms with Gasteiger partial charge in [-0.15, -0.1) is 12.4 Å². The molecule has 0 aliphatic carbocycles. The second kappa shape index (κ2) is 11.4. The van der Waals surface area contributed by atoms with Crippen LogP contribution in [0.1, 0.15) is 12.5 Å². The number of hydrogen-bond acceptors (Lipinski definition) is 4. The lowest BCUT2D eigenvalue weighted by Crippen LogP contribution is -2.38. The van der Waals surface area contributed by atoms with Crippen LogP contribution in [-0.2, 0) is 16.1 Å². The minimum absolute atomic E-state index is 0. The SMILES string of the molecule is CCN(Cc1ccc(OC)cc1)C(=O)CNCCOC.Cl. The van der Waals surface area contributed by atoms with Crippen molar-refractivity contribution in [3.05, 3.63) is 29.8 Å². The van der Waals surface area contributed by atoms with E-state index >= 15 is 0 Å². The van der Waals surface area contributed by atoms with E-state index < -0.39 is 0 Å². The Morgan fingerprint density at radius 1 is 1.24 bits per heavy atom. The fourth-order valence-electron chi connectivity index (χ4n) is 1.81. The third-order valence-electron chi connectivity index (χ3n) is 3.03. The first-order valence-electron chi connectivity index (χ1n) is 6.81. The highest BCUT2D eigenvalue weighted by molar-refractivity contribution is 5.85. The van der Waals surface area contributed by atoms with Crippen molar-refractivity contribution in [1.82, 2.24) is 10.2 Å². The summed E-state index contributed by atoms with van der Waals surface area (Å²) >= 11 is 0. The number of carbonyl (C=O) groups excluding carboxylic acids is 1. The lowest BCUT2D eigenvalue weighted by atomic mass is 10.2. The van der Waals surface area contributed by atoms with Gasteiger partial charge in [-0.25, -0.2) is 0 Å². The Morgan fingerprint density at radius 3 is 2.43 bits per heavy atom. The van der Waals surface area contributed by atoms with Gasteiger partial charge in [-0.3, -0.25) is 4.79 Å². The Labute approximate surface area is 133 Å². The molecule has 0 fully saturated rings. The maximum atomic E-state index is 12.1. The zero-order valence-corrected chi connectivity index (χ0v) is 13.7. The van der Waals surface area contributed by atoms with E-state index in [1.807, 2.05) is 36.1 Å². The van der Waals surface area contributed by atoms with Gasteiger partial charge >= 0.3 is 0 Å². The van der Waals surface area contributed by atoms with E-state index in [-0.39, 0.29) is 18.3 Å². The molecule has 0 saturated heterocycles. The average Bonchev–Trinajstić information content (AvgIpc) is 2.49. The predicted octanol–water partition coefficient (Wildman–Crippen LogP) is 1.70. The number of rotatable bonds is 9. The van der Waals surface area contributed by atoms with Crippen molar-refractivity contribution in [3.8, 4) is 5.75 Å². The summed E-state index contributed by atoms with van der Waals surface area (Å²) in [5, 5.41) is 3.07. The van der Waals surface area contributed by atoms with Gasteiger partial charge in [0, 0.05) is 26.7 Å². The number of amides is 1. The summed E-state index contributed by atoms with van der Waals surface area (Å²) in [6.07, 6.45) is 0. The van der Waals surface area contributed by atoms with Crippen molar-refractivity contribution >= 4 is 18.3 Å². The van der Waals surface area contributed by atoms with Gasteiger partial charge in [0.25, 0.3) is 0 Å². The largest absolute Gasteiger partial charge is 0.497 e. The lowest BCUT2D eigenvalue weighted by molar-refractivity contribution is -0.130. The number of methoxy groups -OCH3 is 2. The predicted molar refractivity (Wildman–Crippen MR) is 86.1 cm³/mol. The summed E-state index contributed by atoms with van der Waals surface area (Å²) in [4.78, 5) is 13.9. The summed E-state index contributed by atoms with van der Waals surface area (Å²) in [5.74, 6) is 0.920.